The fourth-order valence-electron chi connectivity index (χ4n) is 2.93. The van der Waals surface area contributed by atoms with Gasteiger partial charge in [-0.25, -0.2) is 4.98 Å². The Hall–Kier alpha value is -2.49. The SMILES string of the molecule is BC(B)(B)c1ccc2c(n1)oc1c(-c3ccc(C)cn3)cccc12. The molecule has 0 radical (unpaired) electrons. The van der Waals surface area contributed by atoms with Crippen LogP contribution in [0.5, 0.6) is 0 Å². The molecule has 0 saturated carbocycles. The van der Waals surface area contributed by atoms with Gasteiger partial charge in [-0.3, -0.25) is 4.98 Å². The van der Waals surface area contributed by atoms with Crippen molar-refractivity contribution in [3.05, 3.63) is 59.9 Å². The molecule has 0 unspecified atom stereocenters. The van der Waals surface area contributed by atoms with E-state index in [0.717, 1.165) is 38.9 Å². The molecule has 0 atom stereocenters. The van der Waals surface area contributed by atoms with Crippen LogP contribution >= 0.6 is 0 Å². The molecule has 3 nitrogen and oxygen atoms in total. The van der Waals surface area contributed by atoms with Gasteiger partial charge in [0.2, 0.25) is 5.71 Å². The Balaban J connectivity index is 1.98. The Kier molecular flexibility index (Phi) is 3.31. The third kappa shape index (κ3) is 2.43. The molecule has 0 fully saturated rings. The second-order valence-electron chi connectivity index (χ2n) is 7.30. The molecule has 0 saturated heterocycles. The molecular weight excluding hydrogens is 293 g/mol. The lowest BCUT2D eigenvalue weighted by Gasteiger charge is -2.16. The largest absolute Gasteiger partial charge is 0.437 e. The van der Waals surface area contributed by atoms with Gasteiger partial charge in [0.25, 0.3) is 0 Å². The number of hydrogen-bond donors (Lipinski definition) is 0. The standard InChI is InChI=1S/C18H17B3N2O/c1-10-5-7-14(22-9-10)13-4-2-3-11-12-6-8-15(18(19,20)21)23-17(12)24-16(11)13/h2-9H,19-21H2,1H3. The summed E-state index contributed by atoms with van der Waals surface area (Å²) in [5.41, 5.74) is 5.64. The summed E-state index contributed by atoms with van der Waals surface area (Å²) in [5, 5.41) is 2.12. The monoisotopic (exact) mass is 310 g/mol. The van der Waals surface area contributed by atoms with Gasteiger partial charge in [-0.15, -0.1) is 0 Å². The van der Waals surface area contributed by atoms with Crippen molar-refractivity contribution in [2.45, 2.75) is 12.0 Å². The highest BCUT2D eigenvalue weighted by Gasteiger charge is 2.19. The Morgan fingerprint density at radius 1 is 0.958 bits per heavy atom. The van der Waals surface area contributed by atoms with E-state index in [2.05, 4.69) is 52.8 Å². The molecule has 6 heteroatoms. The maximum absolute atomic E-state index is 6.15. The number of para-hydroxylation sites is 1. The van der Waals surface area contributed by atoms with Gasteiger partial charge in [-0.05, 0) is 36.8 Å². The van der Waals surface area contributed by atoms with Crippen molar-refractivity contribution in [2.24, 2.45) is 0 Å². The van der Waals surface area contributed by atoms with Crippen molar-refractivity contribution in [2.75, 3.05) is 0 Å². The molecule has 0 amide bonds. The van der Waals surface area contributed by atoms with E-state index in [9.17, 15) is 0 Å². The zero-order valence-electron chi connectivity index (χ0n) is 14.4. The van der Waals surface area contributed by atoms with Crippen molar-refractivity contribution >= 4 is 45.6 Å². The van der Waals surface area contributed by atoms with Crippen LogP contribution in [0.4, 0.5) is 0 Å². The first kappa shape index (κ1) is 15.1. The summed E-state index contributed by atoms with van der Waals surface area (Å²) in [5.74, 6) is 0. The Bertz CT molecular complexity index is 1050. The van der Waals surface area contributed by atoms with E-state index in [1.54, 1.807) is 0 Å². The Morgan fingerprint density at radius 3 is 2.50 bits per heavy atom. The van der Waals surface area contributed by atoms with Gasteiger partial charge in [0, 0.05) is 28.2 Å². The first-order chi connectivity index (χ1) is 11.4. The quantitative estimate of drug-likeness (QED) is 0.525. The Morgan fingerprint density at radius 2 is 1.79 bits per heavy atom. The van der Waals surface area contributed by atoms with Gasteiger partial charge in [-0.2, -0.15) is 0 Å². The van der Waals surface area contributed by atoms with E-state index in [0.29, 0.717) is 5.71 Å². The topological polar surface area (TPSA) is 38.9 Å². The van der Waals surface area contributed by atoms with Gasteiger partial charge in [0.15, 0.2) is 0 Å². The summed E-state index contributed by atoms with van der Waals surface area (Å²) >= 11 is 0. The molecule has 0 spiro atoms. The normalized spacial score (nSPS) is 12.0. The van der Waals surface area contributed by atoms with Gasteiger partial charge >= 0.3 is 0 Å². The van der Waals surface area contributed by atoms with Crippen LogP contribution in [-0.2, 0) is 5.11 Å². The lowest BCUT2D eigenvalue weighted by atomic mass is 9.41. The minimum Gasteiger partial charge on any atom is -0.437 e. The number of aromatic nitrogens is 2. The first-order valence-electron chi connectivity index (χ1n) is 8.19. The summed E-state index contributed by atoms with van der Waals surface area (Å²) in [4.78, 5) is 9.29. The van der Waals surface area contributed by atoms with E-state index >= 15 is 0 Å². The van der Waals surface area contributed by atoms with Crippen molar-refractivity contribution in [3.63, 3.8) is 0 Å². The minimum atomic E-state index is -0.00545. The maximum atomic E-state index is 6.15. The van der Waals surface area contributed by atoms with E-state index in [-0.39, 0.29) is 5.11 Å². The number of rotatable bonds is 2. The van der Waals surface area contributed by atoms with E-state index in [1.807, 2.05) is 31.3 Å². The van der Waals surface area contributed by atoms with E-state index < -0.39 is 0 Å². The highest BCUT2D eigenvalue weighted by Crippen LogP contribution is 2.34. The molecule has 4 aromatic rings. The summed E-state index contributed by atoms with van der Waals surface area (Å²) in [7, 11) is 6.47. The third-order valence-corrected chi connectivity index (χ3v) is 4.32. The summed E-state index contributed by atoms with van der Waals surface area (Å²) < 4.78 is 6.15. The van der Waals surface area contributed by atoms with Gasteiger partial charge in [-0.1, -0.05) is 23.3 Å². The molecule has 0 aliphatic carbocycles. The fourth-order valence-corrected chi connectivity index (χ4v) is 2.93. The molecule has 1 aromatic carbocycles. The number of pyridine rings is 2. The van der Waals surface area contributed by atoms with Crippen LogP contribution in [0, 0.1) is 6.92 Å². The van der Waals surface area contributed by atoms with Gasteiger partial charge < -0.3 is 4.42 Å². The number of fused-ring (bicyclic) bond motifs is 3. The van der Waals surface area contributed by atoms with Crippen LogP contribution in [0.2, 0.25) is 0 Å². The van der Waals surface area contributed by atoms with Crippen molar-refractivity contribution in [3.8, 4) is 11.3 Å². The number of aryl methyl sites for hydroxylation is 1. The minimum absolute atomic E-state index is 0.00545. The molecule has 24 heavy (non-hydrogen) atoms. The molecule has 0 bridgehead atoms. The number of benzene rings is 1. The van der Waals surface area contributed by atoms with Crippen LogP contribution in [0.15, 0.2) is 53.1 Å². The molecule has 0 aliphatic rings. The maximum Gasteiger partial charge on any atom is 0.227 e. The van der Waals surface area contributed by atoms with Crippen molar-refractivity contribution in [1.82, 2.24) is 9.97 Å². The zero-order chi connectivity index (χ0) is 16.9. The highest BCUT2D eigenvalue weighted by atomic mass is 16.3. The van der Waals surface area contributed by atoms with Crippen LogP contribution in [0.3, 0.4) is 0 Å². The van der Waals surface area contributed by atoms with Crippen molar-refractivity contribution in [1.29, 1.82) is 0 Å². The average Bonchev–Trinajstić information content (AvgIpc) is 2.92. The van der Waals surface area contributed by atoms with E-state index in [1.165, 1.54) is 0 Å². The van der Waals surface area contributed by atoms with Crippen LogP contribution < -0.4 is 0 Å². The lowest BCUT2D eigenvalue weighted by molar-refractivity contribution is 0.652. The molecule has 4 rings (SSSR count). The summed E-state index contributed by atoms with van der Waals surface area (Å²) in [6.07, 6.45) is 1.88. The van der Waals surface area contributed by atoms with Crippen molar-refractivity contribution < 1.29 is 4.42 Å². The summed E-state index contributed by atoms with van der Waals surface area (Å²) in [6, 6.07) is 14.5. The van der Waals surface area contributed by atoms with E-state index in [4.69, 9.17) is 9.40 Å². The lowest BCUT2D eigenvalue weighted by Crippen LogP contribution is -2.28. The smallest absolute Gasteiger partial charge is 0.227 e. The number of nitrogens with zero attached hydrogens (tertiary/aromatic N) is 2. The molecule has 3 heterocycles. The van der Waals surface area contributed by atoms with Gasteiger partial charge in [0.1, 0.15) is 5.58 Å². The zero-order valence-corrected chi connectivity index (χ0v) is 14.4. The highest BCUT2D eigenvalue weighted by molar-refractivity contribution is 6.58. The molecule has 0 aliphatic heterocycles. The molecule has 0 N–H and O–H groups in total. The van der Waals surface area contributed by atoms with Gasteiger partial charge in [0.05, 0.1) is 29.2 Å². The fraction of sp³-hybridized carbons (Fsp3) is 0.111. The number of hydrogen-bond acceptors (Lipinski definition) is 3. The molecule has 3 aromatic heterocycles. The number of furan rings is 1. The predicted octanol–water partition coefficient (Wildman–Crippen LogP) is 1.36. The second kappa shape index (κ2) is 5.27. The predicted molar refractivity (Wildman–Crippen MR) is 107 cm³/mol. The second-order valence-corrected chi connectivity index (χ2v) is 7.30. The van der Waals surface area contributed by atoms with Crippen LogP contribution in [0.1, 0.15) is 11.3 Å². The van der Waals surface area contributed by atoms with Crippen LogP contribution in [0.25, 0.3) is 33.3 Å². The molecule has 114 valence electrons. The Labute approximate surface area is 143 Å². The third-order valence-electron chi connectivity index (χ3n) is 4.32. The molecular formula is C18H17B3N2O. The first-order valence-corrected chi connectivity index (χ1v) is 8.19. The summed E-state index contributed by atoms with van der Waals surface area (Å²) in [6.45, 7) is 2.04. The average molecular weight is 310 g/mol. The van der Waals surface area contributed by atoms with Crippen LogP contribution in [-0.4, -0.2) is 33.5 Å².